The summed E-state index contributed by atoms with van der Waals surface area (Å²) in [6.07, 6.45) is -1.37. The third-order valence-corrected chi connectivity index (χ3v) is 1.51. The van der Waals surface area contributed by atoms with Crippen molar-refractivity contribution in [2.45, 2.75) is 53.5 Å². The molecule has 0 heterocycles. The van der Waals surface area contributed by atoms with Crippen molar-refractivity contribution in [1.29, 1.82) is 0 Å². The molecule has 0 aromatic heterocycles. The van der Waals surface area contributed by atoms with Crippen LogP contribution in [0.3, 0.4) is 0 Å². The number of carboxylic acids is 2. The Hall–Kier alpha value is -1.79. The smallest absolute Gasteiger partial charge is 0.407 e. The zero-order chi connectivity index (χ0) is 15.8. The minimum atomic E-state index is -1.29. The molecule has 0 aromatic rings. The van der Waals surface area contributed by atoms with Gasteiger partial charge in [0.25, 0.3) is 0 Å². The van der Waals surface area contributed by atoms with Crippen LogP contribution in [0.15, 0.2) is 0 Å². The van der Waals surface area contributed by atoms with E-state index in [1.54, 1.807) is 6.92 Å². The molecule has 3 N–H and O–H groups in total. The minimum absolute atomic E-state index is 0.122. The second-order valence-corrected chi connectivity index (χ2v) is 2.69. The van der Waals surface area contributed by atoms with E-state index in [2.05, 4.69) is 4.74 Å². The average Bonchev–Trinajstić information content (AvgIpc) is 2.39. The van der Waals surface area contributed by atoms with Gasteiger partial charge in [-0.3, -0.25) is 4.79 Å². The Morgan fingerprint density at radius 2 is 1.58 bits per heavy atom. The van der Waals surface area contributed by atoms with Gasteiger partial charge in [0.15, 0.2) is 0 Å². The predicted molar refractivity (Wildman–Crippen MR) is 71.1 cm³/mol. The maximum absolute atomic E-state index is 10.9. The molecule has 1 amide bonds. The first-order valence-electron chi connectivity index (χ1n) is 6.35. The molecule has 1 unspecified atom stereocenters. The monoisotopic (exact) mass is 279 g/mol. The van der Waals surface area contributed by atoms with Crippen LogP contribution in [0.2, 0.25) is 0 Å². The molecular weight excluding hydrogens is 254 g/mol. The molecule has 0 radical (unpaired) electrons. The van der Waals surface area contributed by atoms with Crippen LogP contribution in [0.5, 0.6) is 0 Å². The Balaban J connectivity index is -0.000000579. The summed E-state index contributed by atoms with van der Waals surface area (Å²) in [6.45, 7) is 9.70. The number of ether oxygens (including phenoxy) is 1. The third-order valence-electron chi connectivity index (χ3n) is 1.51. The van der Waals surface area contributed by atoms with Crippen molar-refractivity contribution in [3.63, 3.8) is 0 Å². The highest BCUT2D eigenvalue weighted by molar-refractivity contribution is 5.80. The molecule has 0 saturated heterocycles. The van der Waals surface area contributed by atoms with Gasteiger partial charge in [-0.1, -0.05) is 27.7 Å². The molecule has 0 rings (SSSR count). The van der Waals surface area contributed by atoms with Gasteiger partial charge in [0, 0.05) is 6.42 Å². The molecule has 7 nitrogen and oxygen atoms in total. The van der Waals surface area contributed by atoms with Crippen LogP contribution >= 0.6 is 0 Å². The highest BCUT2D eigenvalue weighted by Crippen LogP contribution is 1.98. The fourth-order valence-corrected chi connectivity index (χ4v) is 0.840. The van der Waals surface area contributed by atoms with E-state index in [0.29, 0.717) is 0 Å². The molecule has 1 atom stereocenters. The first-order valence-corrected chi connectivity index (χ1v) is 6.35. The standard InChI is InChI=1S/C8H13NO6.2C2H6/c1-2-15-8(14)9-5(7(12)13)3-4-6(10)11;2*1-2/h5H,2-4H2,1H3,(H,9,14)(H,10,11)(H,12,13);2*1-2H3. The van der Waals surface area contributed by atoms with Gasteiger partial charge in [-0.15, -0.1) is 0 Å². The molecular formula is C12H25NO6. The van der Waals surface area contributed by atoms with Crippen LogP contribution in [0.25, 0.3) is 0 Å². The SMILES string of the molecule is CC.CC.CCOC(=O)NC(CCC(=O)O)C(=O)O. The first kappa shape index (κ1) is 22.4. The van der Waals surface area contributed by atoms with Crippen LogP contribution in [0.4, 0.5) is 4.79 Å². The fourth-order valence-electron chi connectivity index (χ4n) is 0.840. The van der Waals surface area contributed by atoms with E-state index in [-0.39, 0.29) is 19.4 Å². The lowest BCUT2D eigenvalue weighted by molar-refractivity contribution is -0.140. The Labute approximate surface area is 114 Å². The average molecular weight is 279 g/mol. The second kappa shape index (κ2) is 16.2. The highest BCUT2D eigenvalue weighted by atomic mass is 16.5. The number of amides is 1. The zero-order valence-electron chi connectivity index (χ0n) is 12.2. The lowest BCUT2D eigenvalue weighted by Crippen LogP contribution is -2.41. The summed E-state index contributed by atoms with van der Waals surface area (Å²) in [6, 6.07) is -1.24. The number of aliphatic carboxylic acids is 2. The Kier molecular flexibility index (Phi) is 19.1. The van der Waals surface area contributed by atoms with E-state index in [1.807, 2.05) is 33.0 Å². The van der Waals surface area contributed by atoms with Crippen molar-refractivity contribution in [2.24, 2.45) is 0 Å². The second-order valence-electron chi connectivity index (χ2n) is 2.69. The lowest BCUT2D eigenvalue weighted by atomic mass is 10.1. The number of hydrogen-bond donors (Lipinski definition) is 3. The molecule has 0 bridgehead atoms. The third kappa shape index (κ3) is 16.2. The first-order chi connectivity index (χ1) is 8.97. The van der Waals surface area contributed by atoms with Gasteiger partial charge in [0.2, 0.25) is 0 Å². The Morgan fingerprint density at radius 1 is 1.11 bits per heavy atom. The van der Waals surface area contributed by atoms with E-state index >= 15 is 0 Å². The van der Waals surface area contributed by atoms with Gasteiger partial charge in [0.05, 0.1) is 6.61 Å². The van der Waals surface area contributed by atoms with E-state index in [9.17, 15) is 14.4 Å². The maximum Gasteiger partial charge on any atom is 0.407 e. The molecule has 0 spiro atoms. The van der Waals surface area contributed by atoms with Crippen molar-refractivity contribution in [1.82, 2.24) is 5.32 Å². The number of nitrogens with one attached hydrogen (secondary N) is 1. The fraction of sp³-hybridized carbons (Fsp3) is 0.750. The van der Waals surface area contributed by atoms with E-state index in [4.69, 9.17) is 10.2 Å². The summed E-state index contributed by atoms with van der Waals surface area (Å²) >= 11 is 0. The summed E-state index contributed by atoms with van der Waals surface area (Å²) in [5.41, 5.74) is 0. The summed E-state index contributed by atoms with van der Waals surface area (Å²) < 4.78 is 4.47. The van der Waals surface area contributed by atoms with Crippen LogP contribution in [-0.2, 0) is 14.3 Å². The van der Waals surface area contributed by atoms with Crippen molar-refractivity contribution >= 4 is 18.0 Å². The maximum atomic E-state index is 10.9. The molecule has 0 aliphatic rings. The molecule has 0 aliphatic carbocycles. The van der Waals surface area contributed by atoms with E-state index < -0.39 is 24.1 Å². The summed E-state index contributed by atoms with van der Waals surface area (Å²) in [5.74, 6) is -2.41. The van der Waals surface area contributed by atoms with Crippen LogP contribution in [0, 0.1) is 0 Å². The van der Waals surface area contributed by atoms with E-state index in [0.717, 1.165) is 0 Å². The number of carbonyl (C=O) groups excluding carboxylic acids is 1. The number of carboxylic acid groups (broad SMARTS) is 2. The van der Waals surface area contributed by atoms with Crippen LogP contribution < -0.4 is 5.32 Å². The molecule has 114 valence electrons. The molecule has 0 aliphatic heterocycles. The summed E-state index contributed by atoms with van der Waals surface area (Å²) in [4.78, 5) is 31.6. The van der Waals surface area contributed by atoms with E-state index in [1.165, 1.54) is 0 Å². The van der Waals surface area contributed by atoms with Crippen molar-refractivity contribution in [2.75, 3.05) is 6.61 Å². The zero-order valence-corrected chi connectivity index (χ0v) is 12.2. The number of carbonyl (C=O) groups is 3. The number of hydrogen-bond acceptors (Lipinski definition) is 4. The molecule has 0 saturated carbocycles. The van der Waals surface area contributed by atoms with Gasteiger partial charge in [-0.2, -0.15) is 0 Å². The van der Waals surface area contributed by atoms with Crippen molar-refractivity contribution in [3.8, 4) is 0 Å². The molecule has 0 fully saturated rings. The number of alkyl carbamates (subject to hydrolysis) is 1. The normalized spacial score (nSPS) is 9.74. The van der Waals surface area contributed by atoms with Crippen molar-refractivity contribution in [3.05, 3.63) is 0 Å². The highest BCUT2D eigenvalue weighted by Gasteiger charge is 2.21. The van der Waals surface area contributed by atoms with Gasteiger partial charge < -0.3 is 20.3 Å². The van der Waals surface area contributed by atoms with Gasteiger partial charge in [0.1, 0.15) is 6.04 Å². The van der Waals surface area contributed by atoms with Crippen molar-refractivity contribution < 1.29 is 29.3 Å². The van der Waals surface area contributed by atoms with Crippen LogP contribution in [-0.4, -0.2) is 40.9 Å². The molecule has 7 heteroatoms. The largest absolute Gasteiger partial charge is 0.481 e. The summed E-state index contributed by atoms with van der Waals surface area (Å²) in [5, 5.41) is 19.0. The summed E-state index contributed by atoms with van der Waals surface area (Å²) in [7, 11) is 0. The van der Waals surface area contributed by atoms with Gasteiger partial charge in [-0.05, 0) is 13.3 Å². The molecule has 0 aromatic carbocycles. The lowest BCUT2D eigenvalue weighted by Gasteiger charge is -2.12. The quantitative estimate of drug-likeness (QED) is 0.686. The van der Waals surface area contributed by atoms with Gasteiger partial charge in [-0.25, -0.2) is 9.59 Å². The number of rotatable bonds is 6. The van der Waals surface area contributed by atoms with Gasteiger partial charge >= 0.3 is 18.0 Å². The topological polar surface area (TPSA) is 113 Å². The Morgan fingerprint density at radius 3 is 1.89 bits per heavy atom. The Bertz CT molecular complexity index is 255. The predicted octanol–water partition coefficient (Wildman–Crippen LogP) is 2.10. The minimum Gasteiger partial charge on any atom is -0.481 e. The molecule has 19 heavy (non-hydrogen) atoms. The van der Waals surface area contributed by atoms with Crippen LogP contribution in [0.1, 0.15) is 47.5 Å².